The highest BCUT2D eigenvalue weighted by atomic mass is 35.5. The third-order valence-electron chi connectivity index (χ3n) is 2.96. The van der Waals surface area contributed by atoms with E-state index >= 15 is 0 Å². The topological polar surface area (TPSA) is 64.1 Å². The van der Waals surface area contributed by atoms with Crippen molar-refractivity contribution in [2.24, 2.45) is 11.5 Å². The van der Waals surface area contributed by atoms with Crippen LogP contribution in [0.4, 0.5) is 0 Å². The van der Waals surface area contributed by atoms with E-state index < -0.39 is 5.66 Å². The summed E-state index contributed by atoms with van der Waals surface area (Å²) in [7, 11) is 0. The second-order valence-electron chi connectivity index (χ2n) is 4.37. The van der Waals surface area contributed by atoms with Crippen molar-refractivity contribution in [2.45, 2.75) is 19.5 Å². The van der Waals surface area contributed by atoms with Crippen LogP contribution < -0.4 is 16.8 Å². The lowest BCUT2D eigenvalue weighted by Gasteiger charge is -2.35. The standard InChI is InChI=1S/C13H16ClN3/c1-8-6-9(2)12(10(14)7-8)13(16)11(15)4-3-5-17-13/h3-7,17H,15-16H2,1-2H3. The third kappa shape index (κ3) is 1.92. The quantitative estimate of drug-likeness (QED) is 0.714. The molecule has 1 unspecified atom stereocenters. The average Bonchev–Trinajstić information content (AvgIpc) is 2.21. The fourth-order valence-corrected chi connectivity index (χ4v) is 2.65. The van der Waals surface area contributed by atoms with Gasteiger partial charge in [0.1, 0.15) is 0 Å². The highest BCUT2D eigenvalue weighted by Crippen LogP contribution is 2.33. The molecule has 0 saturated carbocycles. The van der Waals surface area contributed by atoms with E-state index in [-0.39, 0.29) is 0 Å². The first-order chi connectivity index (χ1) is 7.95. The number of hydrogen-bond donors (Lipinski definition) is 3. The zero-order valence-corrected chi connectivity index (χ0v) is 10.7. The number of halogens is 1. The Labute approximate surface area is 106 Å². The number of hydrogen-bond acceptors (Lipinski definition) is 3. The zero-order valence-electron chi connectivity index (χ0n) is 9.92. The maximum absolute atomic E-state index is 6.34. The van der Waals surface area contributed by atoms with Crippen LogP contribution in [0.5, 0.6) is 0 Å². The average molecular weight is 250 g/mol. The van der Waals surface area contributed by atoms with Crippen molar-refractivity contribution in [3.05, 3.63) is 57.9 Å². The normalized spacial score (nSPS) is 23.2. The Hall–Kier alpha value is -1.45. The molecule has 1 aliphatic rings. The number of aryl methyl sites for hydroxylation is 2. The monoisotopic (exact) mass is 249 g/mol. The molecule has 2 rings (SSSR count). The minimum atomic E-state index is -0.927. The number of rotatable bonds is 1. The number of allylic oxidation sites excluding steroid dienone is 2. The highest BCUT2D eigenvalue weighted by molar-refractivity contribution is 6.31. The molecule has 4 heteroatoms. The van der Waals surface area contributed by atoms with Crippen LogP contribution in [-0.4, -0.2) is 0 Å². The smallest absolute Gasteiger partial charge is 0.154 e. The van der Waals surface area contributed by atoms with E-state index in [9.17, 15) is 0 Å². The van der Waals surface area contributed by atoms with Gasteiger partial charge in [0.05, 0.1) is 5.70 Å². The summed E-state index contributed by atoms with van der Waals surface area (Å²) in [4.78, 5) is 0. The van der Waals surface area contributed by atoms with Crippen LogP contribution in [0.3, 0.4) is 0 Å². The first-order valence-corrected chi connectivity index (χ1v) is 5.79. The van der Waals surface area contributed by atoms with Crippen LogP contribution in [0.2, 0.25) is 5.02 Å². The molecule has 1 aliphatic heterocycles. The summed E-state index contributed by atoms with van der Waals surface area (Å²) in [5.41, 5.74) is 14.9. The van der Waals surface area contributed by atoms with E-state index in [4.69, 9.17) is 23.1 Å². The van der Waals surface area contributed by atoms with Crippen LogP contribution in [-0.2, 0) is 5.66 Å². The summed E-state index contributed by atoms with van der Waals surface area (Å²) in [5, 5.41) is 3.71. The molecular formula is C13H16ClN3. The van der Waals surface area contributed by atoms with Crippen molar-refractivity contribution in [3.63, 3.8) is 0 Å². The number of dihydropyridines is 1. The lowest BCUT2D eigenvalue weighted by atomic mass is 9.90. The van der Waals surface area contributed by atoms with Crippen molar-refractivity contribution in [1.82, 2.24) is 5.32 Å². The van der Waals surface area contributed by atoms with Crippen molar-refractivity contribution in [3.8, 4) is 0 Å². The Morgan fingerprint density at radius 3 is 2.59 bits per heavy atom. The van der Waals surface area contributed by atoms with Crippen molar-refractivity contribution in [1.29, 1.82) is 0 Å². The van der Waals surface area contributed by atoms with Crippen LogP contribution in [0.15, 0.2) is 36.2 Å². The van der Waals surface area contributed by atoms with Gasteiger partial charge in [-0.3, -0.25) is 5.73 Å². The lowest BCUT2D eigenvalue weighted by Crippen LogP contribution is -2.53. The molecule has 0 saturated heterocycles. The molecule has 1 aromatic carbocycles. The Kier molecular flexibility index (Phi) is 2.89. The van der Waals surface area contributed by atoms with Crippen molar-refractivity contribution >= 4 is 11.6 Å². The Morgan fingerprint density at radius 2 is 2.00 bits per heavy atom. The number of nitrogens with two attached hydrogens (primary N) is 2. The van der Waals surface area contributed by atoms with Gasteiger partial charge in [-0.15, -0.1) is 0 Å². The van der Waals surface area contributed by atoms with Gasteiger partial charge in [-0.1, -0.05) is 17.7 Å². The first kappa shape index (κ1) is 12.0. The molecule has 0 bridgehead atoms. The van der Waals surface area contributed by atoms with Gasteiger partial charge in [0.25, 0.3) is 0 Å². The van der Waals surface area contributed by atoms with E-state index in [1.165, 1.54) is 0 Å². The molecule has 0 spiro atoms. The number of benzene rings is 1. The van der Waals surface area contributed by atoms with Crippen LogP contribution >= 0.6 is 11.6 Å². The maximum atomic E-state index is 6.34. The van der Waals surface area contributed by atoms with Gasteiger partial charge in [-0.05, 0) is 49.4 Å². The van der Waals surface area contributed by atoms with Gasteiger partial charge in [0.15, 0.2) is 5.66 Å². The maximum Gasteiger partial charge on any atom is 0.154 e. The largest absolute Gasteiger partial charge is 0.399 e. The van der Waals surface area contributed by atoms with Gasteiger partial charge in [-0.2, -0.15) is 0 Å². The molecule has 0 fully saturated rings. The van der Waals surface area contributed by atoms with Gasteiger partial charge < -0.3 is 11.1 Å². The molecule has 17 heavy (non-hydrogen) atoms. The van der Waals surface area contributed by atoms with Crippen LogP contribution in [0, 0.1) is 13.8 Å². The van der Waals surface area contributed by atoms with Crippen molar-refractivity contribution < 1.29 is 0 Å². The number of nitrogens with one attached hydrogen (secondary N) is 1. The molecular weight excluding hydrogens is 234 g/mol. The SMILES string of the molecule is Cc1cc(C)c(C2(N)NC=CC=C2N)c(Cl)c1. The Balaban J connectivity index is 2.62. The van der Waals surface area contributed by atoms with Gasteiger partial charge in [0.2, 0.25) is 0 Å². The van der Waals surface area contributed by atoms with Crippen LogP contribution in [0.25, 0.3) is 0 Å². The van der Waals surface area contributed by atoms with Gasteiger partial charge >= 0.3 is 0 Å². The Bertz CT molecular complexity index is 496. The highest BCUT2D eigenvalue weighted by Gasteiger charge is 2.34. The third-order valence-corrected chi connectivity index (χ3v) is 3.26. The molecule has 5 N–H and O–H groups in total. The molecule has 90 valence electrons. The van der Waals surface area contributed by atoms with E-state index in [1.54, 1.807) is 12.3 Å². The van der Waals surface area contributed by atoms with E-state index in [1.807, 2.05) is 32.1 Å². The minimum Gasteiger partial charge on any atom is -0.399 e. The minimum absolute atomic E-state index is 0.550. The molecule has 0 aromatic heterocycles. The molecule has 0 radical (unpaired) electrons. The predicted octanol–water partition coefficient (Wildman–Crippen LogP) is 2.03. The van der Waals surface area contributed by atoms with E-state index in [0.29, 0.717) is 10.7 Å². The summed E-state index contributed by atoms with van der Waals surface area (Å²) in [5.74, 6) is 0. The zero-order chi connectivity index (χ0) is 12.6. The molecule has 0 amide bonds. The summed E-state index contributed by atoms with van der Waals surface area (Å²) < 4.78 is 0. The summed E-state index contributed by atoms with van der Waals surface area (Å²) in [6.07, 6.45) is 5.37. The predicted molar refractivity (Wildman–Crippen MR) is 71.3 cm³/mol. The molecule has 3 nitrogen and oxygen atoms in total. The summed E-state index contributed by atoms with van der Waals surface area (Å²) in [6.45, 7) is 3.98. The van der Waals surface area contributed by atoms with E-state index in [0.717, 1.165) is 16.7 Å². The van der Waals surface area contributed by atoms with Gasteiger partial charge in [-0.25, -0.2) is 0 Å². The molecule has 0 aliphatic carbocycles. The lowest BCUT2D eigenvalue weighted by molar-refractivity contribution is 0.454. The van der Waals surface area contributed by atoms with Crippen molar-refractivity contribution in [2.75, 3.05) is 0 Å². The van der Waals surface area contributed by atoms with Gasteiger partial charge in [0, 0.05) is 10.6 Å². The van der Waals surface area contributed by atoms with E-state index in [2.05, 4.69) is 5.32 Å². The Morgan fingerprint density at radius 1 is 1.29 bits per heavy atom. The summed E-state index contributed by atoms with van der Waals surface area (Å²) >= 11 is 6.30. The molecule has 1 heterocycles. The second kappa shape index (κ2) is 4.09. The van der Waals surface area contributed by atoms with Crippen LogP contribution in [0.1, 0.15) is 16.7 Å². The second-order valence-corrected chi connectivity index (χ2v) is 4.78. The molecule has 1 aromatic rings. The first-order valence-electron chi connectivity index (χ1n) is 5.42. The summed E-state index contributed by atoms with van der Waals surface area (Å²) in [6, 6.07) is 3.94. The fourth-order valence-electron chi connectivity index (χ4n) is 2.18. The molecule has 1 atom stereocenters. The fraction of sp³-hybridized carbons (Fsp3) is 0.231.